The van der Waals surface area contributed by atoms with Crippen LogP contribution in [-0.2, 0) is 14.6 Å². The summed E-state index contributed by atoms with van der Waals surface area (Å²) in [6.45, 7) is 4.29. The molecule has 0 radical (unpaired) electrons. The van der Waals surface area contributed by atoms with Crippen LogP contribution in [0.3, 0.4) is 0 Å². The van der Waals surface area contributed by atoms with Crippen LogP contribution in [0.5, 0.6) is 0 Å². The highest BCUT2D eigenvalue weighted by Gasteiger charge is 2.50. The predicted molar refractivity (Wildman–Crippen MR) is 57.4 cm³/mol. The summed E-state index contributed by atoms with van der Waals surface area (Å²) in [6, 6.07) is -0.0222. The molecule has 2 aliphatic heterocycles. The number of likely N-dealkylation sites (tertiary alicyclic amines) is 1. The molecule has 2 aliphatic rings. The summed E-state index contributed by atoms with van der Waals surface area (Å²) in [6.07, 6.45) is 1.26. The lowest BCUT2D eigenvalue weighted by atomic mass is 10.1. The Kier molecular flexibility index (Phi) is 2.63. The molecule has 2 rings (SSSR count). The first-order valence-electron chi connectivity index (χ1n) is 5.45. The lowest BCUT2D eigenvalue weighted by Crippen LogP contribution is -2.48. The molecule has 2 fully saturated rings. The first-order valence-corrected chi connectivity index (χ1v) is 7.17. The molecule has 2 saturated heterocycles. The van der Waals surface area contributed by atoms with Crippen LogP contribution in [-0.4, -0.2) is 48.7 Å². The normalized spacial score (nSPS) is 35.6. The number of sulfone groups is 1. The highest BCUT2D eigenvalue weighted by Crippen LogP contribution is 2.34. The monoisotopic (exact) mass is 231 g/mol. The minimum atomic E-state index is -2.84. The molecular weight excluding hydrogens is 214 g/mol. The van der Waals surface area contributed by atoms with Crippen molar-refractivity contribution in [1.29, 1.82) is 0 Å². The van der Waals surface area contributed by atoms with E-state index < -0.39 is 9.84 Å². The van der Waals surface area contributed by atoms with Gasteiger partial charge in [-0.1, -0.05) is 6.92 Å². The van der Waals surface area contributed by atoms with Gasteiger partial charge in [-0.15, -0.1) is 0 Å². The van der Waals surface area contributed by atoms with Gasteiger partial charge in [0.2, 0.25) is 0 Å². The van der Waals surface area contributed by atoms with E-state index in [1.54, 1.807) is 0 Å². The second-order valence-corrected chi connectivity index (χ2v) is 6.86. The Balaban J connectivity index is 2.09. The third-order valence-electron chi connectivity index (χ3n) is 3.66. The van der Waals surface area contributed by atoms with E-state index in [0.29, 0.717) is 13.0 Å². The molecule has 15 heavy (non-hydrogen) atoms. The Hall–Kier alpha value is -0.420. The molecule has 0 spiro atoms. The first kappa shape index (κ1) is 11.1. The molecule has 0 N–H and O–H groups in total. The molecule has 0 aliphatic carbocycles. The van der Waals surface area contributed by atoms with Crippen molar-refractivity contribution in [3.8, 4) is 0 Å². The summed E-state index contributed by atoms with van der Waals surface area (Å²) in [5.41, 5.74) is 0. The SMILES string of the molecule is CCC(=O)C(C)N1CC2CC1CS2(=O)=O. The van der Waals surface area contributed by atoms with Gasteiger partial charge in [0, 0.05) is 19.0 Å². The van der Waals surface area contributed by atoms with Crippen molar-refractivity contribution in [3.63, 3.8) is 0 Å². The van der Waals surface area contributed by atoms with Crippen LogP contribution >= 0.6 is 0 Å². The summed E-state index contributed by atoms with van der Waals surface area (Å²) in [5.74, 6) is 0.457. The Morgan fingerprint density at radius 3 is 2.60 bits per heavy atom. The van der Waals surface area contributed by atoms with Crippen molar-refractivity contribution in [1.82, 2.24) is 4.90 Å². The zero-order valence-corrected chi connectivity index (χ0v) is 9.96. The van der Waals surface area contributed by atoms with E-state index in [4.69, 9.17) is 0 Å². The lowest BCUT2D eigenvalue weighted by molar-refractivity contribution is -0.123. The van der Waals surface area contributed by atoms with Crippen molar-refractivity contribution in [2.24, 2.45) is 0 Å². The fourth-order valence-electron chi connectivity index (χ4n) is 2.68. The van der Waals surface area contributed by atoms with Gasteiger partial charge in [0.25, 0.3) is 0 Å². The third kappa shape index (κ3) is 1.72. The van der Waals surface area contributed by atoms with E-state index in [-0.39, 0.29) is 28.9 Å². The molecule has 2 bridgehead atoms. The van der Waals surface area contributed by atoms with E-state index in [2.05, 4.69) is 4.90 Å². The van der Waals surface area contributed by atoms with Crippen molar-refractivity contribution < 1.29 is 13.2 Å². The van der Waals surface area contributed by atoms with Gasteiger partial charge < -0.3 is 0 Å². The lowest BCUT2D eigenvalue weighted by Gasteiger charge is -2.31. The number of rotatable bonds is 3. The smallest absolute Gasteiger partial charge is 0.156 e. The quantitative estimate of drug-likeness (QED) is 0.697. The molecule has 3 atom stereocenters. The molecule has 0 amide bonds. The molecule has 86 valence electrons. The van der Waals surface area contributed by atoms with Crippen LogP contribution in [0.1, 0.15) is 26.7 Å². The maximum absolute atomic E-state index is 11.5. The van der Waals surface area contributed by atoms with Crippen molar-refractivity contribution in [3.05, 3.63) is 0 Å². The van der Waals surface area contributed by atoms with Crippen LogP contribution in [0.2, 0.25) is 0 Å². The first-order chi connectivity index (χ1) is 6.95. The predicted octanol–water partition coefficient (Wildman–Crippen LogP) is 0.225. The number of carbonyl (C=O) groups is 1. The Morgan fingerprint density at radius 2 is 2.20 bits per heavy atom. The number of hydrogen-bond donors (Lipinski definition) is 0. The molecular formula is C10H17NO3S. The summed E-state index contributed by atoms with van der Waals surface area (Å²) in [5, 5.41) is -0.213. The van der Waals surface area contributed by atoms with Crippen LogP contribution in [0, 0.1) is 0 Å². The van der Waals surface area contributed by atoms with E-state index in [1.165, 1.54) is 0 Å². The maximum Gasteiger partial charge on any atom is 0.156 e. The van der Waals surface area contributed by atoms with Crippen LogP contribution in [0.25, 0.3) is 0 Å². The molecule has 4 nitrogen and oxygen atoms in total. The number of Topliss-reactive ketones (excluding diaryl/α,β-unsaturated/α-hetero) is 1. The van der Waals surface area contributed by atoms with Gasteiger partial charge in [-0.2, -0.15) is 0 Å². The summed E-state index contributed by atoms with van der Waals surface area (Å²) in [4.78, 5) is 13.6. The third-order valence-corrected chi connectivity index (χ3v) is 5.87. The van der Waals surface area contributed by atoms with Gasteiger partial charge in [-0.3, -0.25) is 9.69 Å². The Morgan fingerprint density at radius 1 is 1.53 bits per heavy atom. The highest BCUT2D eigenvalue weighted by molar-refractivity contribution is 7.92. The van der Waals surface area contributed by atoms with Gasteiger partial charge in [0.15, 0.2) is 9.84 Å². The van der Waals surface area contributed by atoms with E-state index in [0.717, 1.165) is 6.42 Å². The van der Waals surface area contributed by atoms with Gasteiger partial charge in [-0.25, -0.2) is 8.42 Å². The zero-order chi connectivity index (χ0) is 11.2. The largest absolute Gasteiger partial charge is 0.298 e. The van der Waals surface area contributed by atoms with E-state index >= 15 is 0 Å². The number of nitrogens with zero attached hydrogens (tertiary/aromatic N) is 1. The van der Waals surface area contributed by atoms with Crippen molar-refractivity contribution >= 4 is 15.6 Å². The fraction of sp³-hybridized carbons (Fsp3) is 0.900. The number of fused-ring (bicyclic) bond motifs is 2. The molecule has 5 heteroatoms. The summed E-state index contributed by atoms with van der Waals surface area (Å²) >= 11 is 0. The van der Waals surface area contributed by atoms with Gasteiger partial charge in [0.05, 0.1) is 17.0 Å². The minimum Gasteiger partial charge on any atom is -0.298 e. The standard InChI is InChI=1S/C10H17NO3S/c1-3-10(12)7(2)11-5-9-4-8(11)6-15(9,13)14/h7-9H,3-6H2,1-2H3. The summed E-state index contributed by atoms with van der Waals surface area (Å²) in [7, 11) is -2.84. The fourth-order valence-corrected chi connectivity index (χ4v) is 4.73. The van der Waals surface area contributed by atoms with Crippen molar-refractivity contribution in [2.75, 3.05) is 12.3 Å². The molecule has 0 aromatic heterocycles. The molecule has 3 unspecified atom stereocenters. The molecule has 0 aromatic rings. The Labute approximate surface area is 90.6 Å². The topological polar surface area (TPSA) is 54.5 Å². The van der Waals surface area contributed by atoms with Crippen LogP contribution in [0.4, 0.5) is 0 Å². The average molecular weight is 231 g/mol. The summed E-state index contributed by atoms with van der Waals surface area (Å²) < 4.78 is 23.0. The number of hydrogen-bond acceptors (Lipinski definition) is 4. The molecule has 0 aromatic carbocycles. The second-order valence-electron chi connectivity index (χ2n) is 4.53. The maximum atomic E-state index is 11.5. The average Bonchev–Trinajstić information content (AvgIpc) is 2.70. The number of ketones is 1. The highest BCUT2D eigenvalue weighted by atomic mass is 32.2. The molecule has 2 heterocycles. The van der Waals surface area contributed by atoms with Crippen molar-refractivity contribution in [2.45, 2.75) is 44.0 Å². The van der Waals surface area contributed by atoms with Gasteiger partial charge in [0.1, 0.15) is 5.78 Å². The van der Waals surface area contributed by atoms with Gasteiger partial charge >= 0.3 is 0 Å². The Bertz CT molecular complexity index is 376. The van der Waals surface area contributed by atoms with Crippen LogP contribution in [0.15, 0.2) is 0 Å². The minimum absolute atomic E-state index is 0.0884. The molecule has 0 saturated carbocycles. The van der Waals surface area contributed by atoms with E-state index in [9.17, 15) is 13.2 Å². The van der Waals surface area contributed by atoms with Gasteiger partial charge in [-0.05, 0) is 13.3 Å². The number of carbonyl (C=O) groups excluding carboxylic acids is 1. The zero-order valence-electron chi connectivity index (χ0n) is 9.14. The van der Waals surface area contributed by atoms with Crippen LogP contribution < -0.4 is 0 Å². The van der Waals surface area contributed by atoms with E-state index in [1.807, 2.05) is 13.8 Å². The second kappa shape index (κ2) is 3.56.